The molecule has 3 N–H and O–H groups in total. The number of imidazole rings is 1. The first-order valence-corrected chi connectivity index (χ1v) is 6.23. The number of H-pyrrole nitrogens is 1. The Balaban J connectivity index is 1.79. The van der Waals surface area contributed by atoms with Crippen LogP contribution in [0.2, 0.25) is 0 Å². The Morgan fingerprint density at radius 3 is 3.00 bits per heavy atom. The molecule has 0 aliphatic heterocycles. The van der Waals surface area contributed by atoms with Crippen LogP contribution in [0.4, 0.5) is 0 Å². The molecule has 20 heavy (non-hydrogen) atoms. The maximum absolute atomic E-state index is 6.04. The minimum atomic E-state index is -0.374. The van der Waals surface area contributed by atoms with E-state index in [1.54, 1.807) is 12.5 Å². The van der Waals surface area contributed by atoms with Gasteiger partial charge in [-0.25, -0.2) is 9.97 Å². The molecule has 3 rings (SSSR count). The normalized spacial score (nSPS) is 12.5. The molecule has 0 spiro atoms. The van der Waals surface area contributed by atoms with Crippen molar-refractivity contribution in [2.24, 2.45) is 5.73 Å². The van der Waals surface area contributed by atoms with Crippen molar-refractivity contribution >= 4 is 0 Å². The lowest BCUT2D eigenvalue weighted by Crippen LogP contribution is -2.14. The Labute approximate surface area is 115 Å². The van der Waals surface area contributed by atoms with Gasteiger partial charge in [0.05, 0.1) is 12.4 Å². The van der Waals surface area contributed by atoms with Gasteiger partial charge in [-0.3, -0.25) is 0 Å². The summed E-state index contributed by atoms with van der Waals surface area (Å²) >= 11 is 0. The fourth-order valence-corrected chi connectivity index (χ4v) is 1.88. The molecule has 0 aliphatic rings. The van der Waals surface area contributed by atoms with Crippen LogP contribution in [0.15, 0.2) is 35.2 Å². The number of aromatic amines is 1. The Kier molecular flexibility index (Phi) is 3.26. The SMILES string of the molecule is Cc1cccc(-c2noc(C(N)Cc3cnc[nH]3)n2)n1. The van der Waals surface area contributed by atoms with Gasteiger partial charge in [-0.2, -0.15) is 4.98 Å². The molecule has 1 atom stereocenters. The summed E-state index contributed by atoms with van der Waals surface area (Å²) in [7, 11) is 0. The number of pyridine rings is 1. The molecule has 0 fully saturated rings. The zero-order valence-electron chi connectivity index (χ0n) is 10.9. The quantitative estimate of drug-likeness (QED) is 0.742. The van der Waals surface area contributed by atoms with Crippen molar-refractivity contribution in [2.75, 3.05) is 0 Å². The first-order chi connectivity index (χ1) is 9.72. The van der Waals surface area contributed by atoms with Gasteiger partial charge in [0, 0.05) is 24.0 Å². The second-order valence-corrected chi connectivity index (χ2v) is 4.51. The zero-order valence-corrected chi connectivity index (χ0v) is 10.9. The first-order valence-electron chi connectivity index (χ1n) is 6.23. The fourth-order valence-electron chi connectivity index (χ4n) is 1.88. The van der Waals surface area contributed by atoms with Gasteiger partial charge in [-0.05, 0) is 19.1 Å². The molecule has 0 saturated carbocycles. The smallest absolute Gasteiger partial charge is 0.244 e. The number of hydrogen-bond acceptors (Lipinski definition) is 6. The standard InChI is InChI=1S/C13H14N6O/c1-8-3-2-4-11(17-8)12-18-13(20-19-12)10(14)5-9-6-15-7-16-9/h2-4,6-7,10H,5,14H2,1H3,(H,15,16). The molecule has 3 aromatic heterocycles. The van der Waals surface area contributed by atoms with Gasteiger partial charge in [-0.15, -0.1) is 0 Å². The highest BCUT2D eigenvalue weighted by molar-refractivity contribution is 5.48. The van der Waals surface area contributed by atoms with Crippen LogP contribution >= 0.6 is 0 Å². The molecule has 0 saturated heterocycles. The fraction of sp³-hybridized carbons (Fsp3) is 0.231. The molecule has 0 aromatic carbocycles. The lowest BCUT2D eigenvalue weighted by atomic mass is 10.2. The number of nitrogens with one attached hydrogen (secondary N) is 1. The van der Waals surface area contributed by atoms with Crippen LogP contribution in [0.3, 0.4) is 0 Å². The lowest BCUT2D eigenvalue weighted by molar-refractivity contribution is 0.354. The minimum absolute atomic E-state index is 0.374. The van der Waals surface area contributed by atoms with Gasteiger partial charge in [0.2, 0.25) is 11.7 Å². The highest BCUT2D eigenvalue weighted by Crippen LogP contribution is 2.18. The second-order valence-electron chi connectivity index (χ2n) is 4.51. The molecule has 0 bridgehead atoms. The van der Waals surface area contributed by atoms with Crippen LogP contribution in [-0.4, -0.2) is 25.1 Å². The summed E-state index contributed by atoms with van der Waals surface area (Å²) in [5.41, 5.74) is 8.54. The number of aromatic nitrogens is 5. The van der Waals surface area contributed by atoms with Gasteiger partial charge in [0.15, 0.2) is 0 Å². The molecule has 0 radical (unpaired) electrons. The summed E-state index contributed by atoms with van der Waals surface area (Å²) in [5.74, 6) is 0.835. The molecular weight excluding hydrogens is 256 g/mol. The number of rotatable bonds is 4. The third-order valence-electron chi connectivity index (χ3n) is 2.87. The Hall–Kier alpha value is -2.54. The van der Waals surface area contributed by atoms with Crippen LogP contribution < -0.4 is 5.73 Å². The van der Waals surface area contributed by atoms with E-state index < -0.39 is 0 Å². The second kappa shape index (κ2) is 5.22. The van der Waals surface area contributed by atoms with Gasteiger partial charge in [0.1, 0.15) is 5.69 Å². The van der Waals surface area contributed by atoms with E-state index in [0.717, 1.165) is 11.4 Å². The molecule has 3 heterocycles. The van der Waals surface area contributed by atoms with Crippen LogP contribution in [0.5, 0.6) is 0 Å². The number of aryl methyl sites for hydroxylation is 1. The minimum Gasteiger partial charge on any atom is -0.348 e. The predicted octanol–water partition coefficient (Wildman–Crippen LogP) is 1.41. The number of nitrogens with two attached hydrogens (primary N) is 1. The number of nitrogens with zero attached hydrogens (tertiary/aromatic N) is 4. The van der Waals surface area contributed by atoms with Crippen LogP contribution in [0, 0.1) is 6.92 Å². The Bertz CT molecular complexity index is 690. The summed E-state index contributed by atoms with van der Waals surface area (Å²) in [6.45, 7) is 1.91. The van der Waals surface area contributed by atoms with Crippen molar-refractivity contribution in [2.45, 2.75) is 19.4 Å². The van der Waals surface area contributed by atoms with E-state index in [-0.39, 0.29) is 6.04 Å². The molecule has 0 aliphatic carbocycles. The topological polar surface area (TPSA) is 107 Å². The van der Waals surface area contributed by atoms with Crippen molar-refractivity contribution in [1.29, 1.82) is 0 Å². The molecular formula is C13H14N6O. The van der Waals surface area contributed by atoms with Crippen LogP contribution in [0.25, 0.3) is 11.5 Å². The monoisotopic (exact) mass is 270 g/mol. The Morgan fingerprint density at radius 2 is 2.25 bits per heavy atom. The summed E-state index contributed by atoms with van der Waals surface area (Å²) in [5, 5.41) is 3.92. The van der Waals surface area contributed by atoms with Crippen molar-refractivity contribution in [3.8, 4) is 11.5 Å². The maximum Gasteiger partial charge on any atom is 0.244 e. The maximum atomic E-state index is 6.04. The van der Waals surface area contributed by atoms with E-state index in [9.17, 15) is 0 Å². The first kappa shape index (κ1) is 12.5. The molecule has 7 heteroatoms. The van der Waals surface area contributed by atoms with Gasteiger partial charge in [-0.1, -0.05) is 11.2 Å². The predicted molar refractivity (Wildman–Crippen MR) is 71.5 cm³/mol. The molecule has 102 valence electrons. The molecule has 1 unspecified atom stereocenters. The highest BCUT2D eigenvalue weighted by Gasteiger charge is 2.17. The van der Waals surface area contributed by atoms with E-state index >= 15 is 0 Å². The van der Waals surface area contributed by atoms with Gasteiger partial charge >= 0.3 is 0 Å². The summed E-state index contributed by atoms with van der Waals surface area (Å²) in [6, 6.07) is 5.27. The highest BCUT2D eigenvalue weighted by atomic mass is 16.5. The summed E-state index contributed by atoms with van der Waals surface area (Å²) < 4.78 is 5.21. The molecule has 0 amide bonds. The van der Waals surface area contributed by atoms with E-state index in [2.05, 4.69) is 25.1 Å². The molecule has 3 aromatic rings. The van der Waals surface area contributed by atoms with E-state index in [0.29, 0.717) is 23.8 Å². The van der Waals surface area contributed by atoms with Crippen LogP contribution in [0.1, 0.15) is 23.3 Å². The van der Waals surface area contributed by atoms with Gasteiger partial charge < -0.3 is 15.2 Å². The number of hydrogen-bond donors (Lipinski definition) is 2. The Morgan fingerprint density at radius 1 is 1.35 bits per heavy atom. The van der Waals surface area contributed by atoms with Crippen molar-refractivity contribution in [1.82, 2.24) is 25.1 Å². The molecule has 7 nitrogen and oxygen atoms in total. The van der Waals surface area contributed by atoms with Crippen molar-refractivity contribution < 1.29 is 4.52 Å². The van der Waals surface area contributed by atoms with Crippen molar-refractivity contribution in [3.05, 3.63) is 48.0 Å². The zero-order chi connectivity index (χ0) is 13.9. The lowest BCUT2D eigenvalue weighted by Gasteiger charge is -2.03. The van der Waals surface area contributed by atoms with E-state index in [1.807, 2.05) is 25.1 Å². The summed E-state index contributed by atoms with van der Waals surface area (Å²) in [4.78, 5) is 15.6. The average Bonchev–Trinajstić information content (AvgIpc) is 3.09. The average molecular weight is 270 g/mol. The largest absolute Gasteiger partial charge is 0.348 e. The summed E-state index contributed by atoms with van der Waals surface area (Å²) in [6.07, 6.45) is 3.89. The van der Waals surface area contributed by atoms with Crippen LogP contribution in [-0.2, 0) is 6.42 Å². The van der Waals surface area contributed by atoms with E-state index in [1.165, 1.54) is 0 Å². The van der Waals surface area contributed by atoms with Crippen molar-refractivity contribution in [3.63, 3.8) is 0 Å². The third kappa shape index (κ3) is 2.57. The van der Waals surface area contributed by atoms with Gasteiger partial charge in [0.25, 0.3) is 0 Å². The third-order valence-corrected chi connectivity index (χ3v) is 2.87. The van der Waals surface area contributed by atoms with E-state index in [4.69, 9.17) is 10.3 Å².